The number of rotatable bonds is 2. The summed E-state index contributed by atoms with van der Waals surface area (Å²) in [6, 6.07) is -0.991. The van der Waals surface area contributed by atoms with Crippen molar-refractivity contribution in [2.45, 2.75) is 6.04 Å². The van der Waals surface area contributed by atoms with Crippen LogP contribution in [0.1, 0.15) is 0 Å². The SMILES string of the molecule is C=C(Br)[C@H](N)C(=O)O. The first-order valence-electron chi connectivity index (χ1n) is 1.88. The van der Waals surface area contributed by atoms with Gasteiger partial charge in [-0.2, -0.15) is 0 Å². The third-order valence-electron chi connectivity index (χ3n) is 0.604. The highest BCUT2D eigenvalue weighted by molar-refractivity contribution is 9.11. The van der Waals surface area contributed by atoms with Crippen molar-refractivity contribution in [3.05, 3.63) is 11.1 Å². The lowest BCUT2D eigenvalue weighted by Crippen LogP contribution is -2.29. The number of nitrogens with two attached hydrogens (primary N) is 1. The minimum atomic E-state index is -1.08. The number of carboxylic acids is 1. The minimum absolute atomic E-state index is 0.282. The van der Waals surface area contributed by atoms with Crippen molar-refractivity contribution in [2.75, 3.05) is 0 Å². The summed E-state index contributed by atoms with van der Waals surface area (Å²) in [4.78, 5) is 9.92. The van der Waals surface area contributed by atoms with E-state index in [1.54, 1.807) is 0 Å². The summed E-state index contributed by atoms with van der Waals surface area (Å²) in [7, 11) is 0. The lowest BCUT2D eigenvalue weighted by molar-refractivity contribution is -0.137. The minimum Gasteiger partial charge on any atom is -0.480 e. The molecule has 0 aliphatic rings. The van der Waals surface area contributed by atoms with Gasteiger partial charge in [0.25, 0.3) is 0 Å². The Labute approximate surface area is 55.3 Å². The van der Waals surface area contributed by atoms with Crippen LogP contribution in [0.15, 0.2) is 11.1 Å². The van der Waals surface area contributed by atoms with Crippen molar-refractivity contribution in [1.29, 1.82) is 0 Å². The van der Waals surface area contributed by atoms with E-state index >= 15 is 0 Å². The van der Waals surface area contributed by atoms with Gasteiger partial charge >= 0.3 is 5.97 Å². The summed E-state index contributed by atoms with van der Waals surface area (Å²) in [6.07, 6.45) is 0. The second-order valence-corrected chi connectivity index (χ2v) is 2.28. The molecule has 46 valence electrons. The normalized spacial score (nSPS) is 12.8. The highest BCUT2D eigenvalue weighted by atomic mass is 79.9. The van der Waals surface area contributed by atoms with Gasteiger partial charge in [0.1, 0.15) is 6.04 Å². The summed E-state index contributed by atoms with van der Waals surface area (Å²) < 4.78 is 0.282. The van der Waals surface area contributed by atoms with Crippen molar-refractivity contribution < 1.29 is 9.90 Å². The molecule has 1 atom stereocenters. The Morgan fingerprint density at radius 1 is 1.88 bits per heavy atom. The first-order valence-corrected chi connectivity index (χ1v) is 2.67. The maximum Gasteiger partial charge on any atom is 0.325 e. The van der Waals surface area contributed by atoms with Crippen LogP contribution in [0, 0.1) is 0 Å². The first-order chi connectivity index (χ1) is 3.55. The Balaban J connectivity index is 3.83. The van der Waals surface area contributed by atoms with Crippen LogP contribution in [0.4, 0.5) is 0 Å². The van der Waals surface area contributed by atoms with Gasteiger partial charge in [-0.1, -0.05) is 22.5 Å². The van der Waals surface area contributed by atoms with Gasteiger partial charge in [0.15, 0.2) is 0 Å². The van der Waals surface area contributed by atoms with Crippen LogP contribution in [0.2, 0.25) is 0 Å². The second kappa shape index (κ2) is 2.84. The maximum absolute atomic E-state index is 9.92. The number of carbonyl (C=O) groups is 1. The van der Waals surface area contributed by atoms with Gasteiger partial charge in [-0.05, 0) is 0 Å². The summed E-state index contributed by atoms with van der Waals surface area (Å²) in [5.74, 6) is -1.08. The smallest absolute Gasteiger partial charge is 0.325 e. The molecule has 0 fully saturated rings. The summed E-state index contributed by atoms with van der Waals surface area (Å²) in [5, 5.41) is 8.14. The molecule has 0 unspecified atom stereocenters. The molecule has 0 aromatic heterocycles. The average Bonchev–Trinajstić information content (AvgIpc) is 1.64. The fraction of sp³-hybridized carbons (Fsp3) is 0.250. The van der Waals surface area contributed by atoms with Crippen LogP contribution in [0.3, 0.4) is 0 Å². The topological polar surface area (TPSA) is 63.3 Å². The Morgan fingerprint density at radius 3 is 2.25 bits per heavy atom. The van der Waals surface area contributed by atoms with Crippen molar-refractivity contribution in [3.63, 3.8) is 0 Å². The quantitative estimate of drug-likeness (QED) is 0.642. The summed E-state index contributed by atoms with van der Waals surface area (Å²) in [5.41, 5.74) is 5.01. The number of hydrogen-bond donors (Lipinski definition) is 2. The molecule has 0 bridgehead atoms. The van der Waals surface area contributed by atoms with Gasteiger partial charge in [-0.3, -0.25) is 4.79 Å². The number of aliphatic carboxylic acids is 1. The van der Waals surface area contributed by atoms with E-state index in [4.69, 9.17) is 10.8 Å². The predicted octanol–water partition coefficient (Wildman–Crippen LogP) is 0.307. The Hall–Kier alpha value is -0.350. The molecule has 8 heavy (non-hydrogen) atoms. The lowest BCUT2D eigenvalue weighted by Gasteiger charge is -2.00. The third kappa shape index (κ3) is 2.09. The summed E-state index contributed by atoms with van der Waals surface area (Å²) >= 11 is 2.84. The molecule has 0 saturated carbocycles. The van der Waals surface area contributed by atoms with E-state index in [-0.39, 0.29) is 4.48 Å². The fourth-order valence-electron chi connectivity index (χ4n) is 0.134. The van der Waals surface area contributed by atoms with Gasteiger partial charge in [-0.25, -0.2) is 0 Å². The molecule has 0 spiro atoms. The third-order valence-corrected chi connectivity index (χ3v) is 1.10. The van der Waals surface area contributed by atoms with Crippen LogP contribution in [-0.4, -0.2) is 17.1 Å². The number of hydrogen-bond acceptors (Lipinski definition) is 2. The monoisotopic (exact) mass is 179 g/mol. The zero-order chi connectivity index (χ0) is 6.73. The predicted molar refractivity (Wildman–Crippen MR) is 33.7 cm³/mol. The molecule has 0 radical (unpaired) electrons. The van der Waals surface area contributed by atoms with Gasteiger partial charge in [0.05, 0.1) is 0 Å². The van der Waals surface area contributed by atoms with E-state index in [1.807, 2.05) is 0 Å². The molecule has 0 aromatic rings. The molecular formula is C4H6BrNO2. The Kier molecular flexibility index (Phi) is 2.71. The highest BCUT2D eigenvalue weighted by Gasteiger charge is 2.11. The van der Waals surface area contributed by atoms with Crippen LogP contribution in [0.25, 0.3) is 0 Å². The van der Waals surface area contributed by atoms with Crippen LogP contribution >= 0.6 is 15.9 Å². The Bertz CT molecular complexity index is 109. The largest absolute Gasteiger partial charge is 0.480 e. The van der Waals surface area contributed by atoms with E-state index in [0.717, 1.165) is 0 Å². The zero-order valence-electron chi connectivity index (χ0n) is 4.10. The molecule has 0 aromatic carbocycles. The molecule has 0 aliphatic heterocycles. The van der Waals surface area contributed by atoms with E-state index < -0.39 is 12.0 Å². The lowest BCUT2D eigenvalue weighted by atomic mass is 10.3. The Morgan fingerprint density at radius 2 is 2.25 bits per heavy atom. The molecule has 0 heterocycles. The molecule has 0 saturated heterocycles. The molecular weight excluding hydrogens is 174 g/mol. The standard InChI is InChI=1S/C4H6BrNO2/c1-2(5)3(6)4(7)8/h3H,1,6H2,(H,7,8)/t3-/m0/s1. The van der Waals surface area contributed by atoms with Crippen molar-refractivity contribution in [2.24, 2.45) is 5.73 Å². The van der Waals surface area contributed by atoms with E-state index in [0.29, 0.717) is 0 Å². The number of halogens is 1. The van der Waals surface area contributed by atoms with E-state index in [9.17, 15) is 4.79 Å². The van der Waals surface area contributed by atoms with Gasteiger partial charge < -0.3 is 10.8 Å². The molecule has 3 N–H and O–H groups in total. The molecule has 0 rings (SSSR count). The van der Waals surface area contributed by atoms with E-state index in [2.05, 4.69) is 22.5 Å². The average molecular weight is 180 g/mol. The summed E-state index contributed by atoms with van der Waals surface area (Å²) in [6.45, 7) is 3.29. The van der Waals surface area contributed by atoms with Crippen LogP contribution in [0.5, 0.6) is 0 Å². The highest BCUT2D eigenvalue weighted by Crippen LogP contribution is 2.03. The van der Waals surface area contributed by atoms with Crippen molar-refractivity contribution in [3.8, 4) is 0 Å². The van der Waals surface area contributed by atoms with Crippen molar-refractivity contribution in [1.82, 2.24) is 0 Å². The van der Waals surface area contributed by atoms with E-state index in [1.165, 1.54) is 0 Å². The molecule has 3 nitrogen and oxygen atoms in total. The number of carboxylic acid groups (broad SMARTS) is 1. The van der Waals surface area contributed by atoms with Crippen LogP contribution in [-0.2, 0) is 4.79 Å². The molecule has 4 heteroatoms. The maximum atomic E-state index is 9.92. The fourth-order valence-corrected chi connectivity index (χ4v) is 0.330. The second-order valence-electron chi connectivity index (χ2n) is 1.26. The van der Waals surface area contributed by atoms with Gasteiger partial charge in [0, 0.05) is 4.48 Å². The van der Waals surface area contributed by atoms with Crippen molar-refractivity contribution >= 4 is 21.9 Å². The van der Waals surface area contributed by atoms with Gasteiger partial charge in [-0.15, -0.1) is 0 Å². The zero-order valence-corrected chi connectivity index (χ0v) is 5.68. The van der Waals surface area contributed by atoms with Gasteiger partial charge in [0.2, 0.25) is 0 Å². The molecule has 0 amide bonds. The van der Waals surface area contributed by atoms with Crippen LogP contribution < -0.4 is 5.73 Å². The first kappa shape index (κ1) is 7.65. The molecule has 0 aliphatic carbocycles.